The van der Waals surface area contributed by atoms with Crippen molar-refractivity contribution >= 4 is 5.97 Å². The minimum absolute atomic E-state index is 0.129. The number of benzene rings is 1. The number of carboxylic acid groups (broad SMARTS) is 1. The molecular weight excluding hydrogens is 226 g/mol. The van der Waals surface area contributed by atoms with E-state index in [1.807, 2.05) is 0 Å². The van der Waals surface area contributed by atoms with Gasteiger partial charge in [0.05, 0.1) is 5.41 Å². The van der Waals surface area contributed by atoms with Crippen LogP contribution in [-0.2, 0) is 10.2 Å². The molecule has 2 nitrogen and oxygen atoms in total. The van der Waals surface area contributed by atoms with E-state index in [0.29, 0.717) is 12.8 Å². The van der Waals surface area contributed by atoms with Gasteiger partial charge in [0, 0.05) is 11.6 Å². The Labute approximate surface area is 97.3 Å². The van der Waals surface area contributed by atoms with E-state index in [2.05, 4.69) is 0 Å². The van der Waals surface area contributed by atoms with E-state index < -0.39 is 23.0 Å². The molecule has 0 amide bonds. The number of carbonyl (C=O) groups is 1. The Morgan fingerprint density at radius 1 is 1.24 bits per heavy atom. The van der Waals surface area contributed by atoms with Crippen molar-refractivity contribution in [2.75, 3.05) is 0 Å². The van der Waals surface area contributed by atoms with Crippen LogP contribution in [0, 0.1) is 17.0 Å². The SMILES string of the molecule is O=C(O)C1(c2ccc(F)cc2F)CC2(CC2)C1. The van der Waals surface area contributed by atoms with Crippen LogP contribution in [0.2, 0.25) is 0 Å². The van der Waals surface area contributed by atoms with Gasteiger partial charge < -0.3 is 5.11 Å². The molecular formula is C13H12F2O2. The van der Waals surface area contributed by atoms with Crippen molar-refractivity contribution in [1.82, 2.24) is 0 Å². The zero-order valence-electron chi connectivity index (χ0n) is 9.17. The van der Waals surface area contributed by atoms with Crippen LogP contribution in [0.15, 0.2) is 18.2 Å². The summed E-state index contributed by atoms with van der Waals surface area (Å²) >= 11 is 0. The molecule has 2 aliphatic carbocycles. The van der Waals surface area contributed by atoms with Crippen molar-refractivity contribution in [3.05, 3.63) is 35.4 Å². The van der Waals surface area contributed by atoms with E-state index in [4.69, 9.17) is 0 Å². The van der Waals surface area contributed by atoms with Gasteiger partial charge in [-0.1, -0.05) is 6.07 Å². The highest BCUT2D eigenvalue weighted by molar-refractivity contribution is 5.83. The van der Waals surface area contributed by atoms with Crippen LogP contribution < -0.4 is 0 Å². The molecule has 0 aliphatic heterocycles. The van der Waals surface area contributed by atoms with E-state index in [-0.39, 0.29) is 11.0 Å². The lowest BCUT2D eigenvalue weighted by Crippen LogP contribution is -2.49. The number of halogens is 2. The van der Waals surface area contributed by atoms with Crippen LogP contribution in [0.3, 0.4) is 0 Å². The molecule has 0 atom stereocenters. The van der Waals surface area contributed by atoms with E-state index >= 15 is 0 Å². The summed E-state index contributed by atoms with van der Waals surface area (Å²) in [4.78, 5) is 11.4. The Kier molecular flexibility index (Phi) is 1.92. The number of hydrogen-bond donors (Lipinski definition) is 1. The van der Waals surface area contributed by atoms with E-state index in [0.717, 1.165) is 25.0 Å². The van der Waals surface area contributed by atoms with Gasteiger partial charge in [0.25, 0.3) is 0 Å². The summed E-state index contributed by atoms with van der Waals surface area (Å²) in [6.45, 7) is 0. The number of carboxylic acids is 1. The molecule has 17 heavy (non-hydrogen) atoms. The van der Waals surface area contributed by atoms with E-state index in [1.54, 1.807) is 0 Å². The van der Waals surface area contributed by atoms with Crippen LogP contribution in [0.5, 0.6) is 0 Å². The van der Waals surface area contributed by atoms with Crippen molar-refractivity contribution < 1.29 is 18.7 Å². The molecule has 1 spiro atoms. The third kappa shape index (κ3) is 1.39. The highest BCUT2D eigenvalue weighted by Crippen LogP contribution is 2.69. The zero-order valence-corrected chi connectivity index (χ0v) is 9.17. The fourth-order valence-corrected chi connectivity index (χ4v) is 3.09. The Bertz CT molecular complexity index is 498. The third-order valence-corrected chi connectivity index (χ3v) is 4.17. The highest BCUT2D eigenvalue weighted by Gasteiger charge is 2.65. The predicted octanol–water partition coefficient (Wildman–Crippen LogP) is 2.86. The van der Waals surface area contributed by atoms with Gasteiger partial charge in [-0.3, -0.25) is 4.79 Å². The van der Waals surface area contributed by atoms with Crippen molar-refractivity contribution in [1.29, 1.82) is 0 Å². The molecule has 3 rings (SSSR count). The lowest BCUT2D eigenvalue weighted by molar-refractivity contribution is -0.151. The summed E-state index contributed by atoms with van der Waals surface area (Å²) in [7, 11) is 0. The largest absolute Gasteiger partial charge is 0.481 e. The summed E-state index contributed by atoms with van der Waals surface area (Å²) in [5.41, 5.74) is -0.864. The fourth-order valence-electron chi connectivity index (χ4n) is 3.09. The summed E-state index contributed by atoms with van der Waals surface area (Å²) in [6, 6.07) is 3.16. The number of hydrogen-bond acceptors (Lipinski definition) is 1. The molecule has 2 fully saturated rings. The Morgan fingerprint density at radius 2 is 1.88 bits per heavy atom. The van der Waals surface area contributed by atoms with Gasteiger partial charge in [-0.15, -0.1) is 0 Å². The molecule has 2 aliphatic rings. The van der Waals surface area contributed by atoms with Crippen molar-refractivity contribution in [3.63, 3.8) is 0 Å². The average Bonchev–Trinajstić information content (AvgIpc) is 2.94. The van der Waals surface area contributed by atoms with Gasteiger partial charge in [0.1, 0.15) is 11.6 Å². The quantitative estimate of drug-likeness (QED) is 0.860. The smallest absolute Gasteiger partial charge is 0.314 e. The van der Waals surface area contributed by atoms with Crippen molar-refractivity contribution in [2.24, 2.45) is 5.41 Å². The van der Waals surface area contributed by atoms with Gasteiger partial charge in [-0.25, -0.2) is 8.78 Å². The third-order valence-electron chi connectivity index (χ3n) is 4.17. The van der Waals surface area contributed by atoms with Gasteiger partial charge in [0.2, 0.25) is 0 Å². The molecule has 0 unspecified atom stereocenters. The molecule has 2 saturated carbocycles. The average molecular weight is 238 g/mol. The monoisotopic (exact) mass is 238 g/mol. The second kappa shape index (κ2) is 3.06. The first-order valence-electron chi connectivity index (χ1n) is 5.67. The van der Waals surface area contributed by atoms with Crippen LogP contribution in [-0.4, -0.2) is 11.1 Å². The van der Waals surface area contributed by atoms with Crippen molar-refractivity contribution in [2.45, 2.75) is 31.1 Å². The number of rotatable bonds is 2. The fraction of sp³-hybridized carbons (Fsp3) is 0.462. The predicted molar refractivity (Wildman–Crippen MR) is 56.6 cm³/mol. The molecule has 0 radical (unpaired) electrons. The zero-order chi connectivity index (χ0) is 12.3. The first-order valence-corrected chi connectivity index (χ1v) is 5.67. The first kappa shape index (κ1) is 10.7. The molecule has 1 aromatic carbocycles. The molecule has 0 bridgehead atoms. The lowest BCUT2D eigenvalue weighted by Gasteiger charge is -2.45. The molecule has 0 saturated heterocycles. The minimum atomic E-state index is -1.13. The summed E-state index contributed by atoms with van der Waals surface area (Å²) in [5, 5.41) is 9.33. The summed E-state index contributed by atoms with van der Waals surface area (Å²) in [6.07, 6.45) is 3.03. The molecule has 1 aromatic rings. The van der Waals surface area contributed by atoms with Gasteiger partial charge in [0.15, 0.2) is 0 Å². The molecule has 0 aromatic heterocycles. The lowest BCUT2D eigenvalue weighted by atomic mass is 9.56. The maximum Gasteiger partial charge on any atom is 0.314 e. The Hall–Kier alpha value is -1.45. The maximum atomic E-state index is 13.7. The molecule has 1 N–H and O–H groups in total. The minimum Gasteiger partial charge on any atom is -0.481 e. The van der Waals surface area contributed by atoms with Gasteiger partial charge in [-0.2, -0.15) is 0 Å². The first-order chi connectivity index (χ1) is 7.97. The standard InChI is InChI=1S/C13H12F2O2/c14-8-1-2-9(10(15)5-8)13(11(16)17)6-12(7-13)3-4-12/h1-2,5H,3-4,6-7H2,(H,16,17). The second-order valence-corrected chi connectivity index (χ2v) is 5.36. The van der Waals surface area contributed by atoms with Crippen LogP contribution in [0.4, 0.5) is 8.78 Å². The normalized spacial score (nSPS) is 23.2. The topological polar surface area (TPSA) is 37.3 Å². The second-order valence-electron chi connectivity index (χ2n) is 5.36. The number of aliphatic carboxylic acids is 1. The summed E-state index contributed by atoms with van der Waals surface area (Å²) in [5.74, 6) is -2.42. The molecule has 0 heterocycles. The van der Waals surface area contributed by atoms with E-state index in [9.17, 15) is 18.7 Å². The van der Waals surface area contributed by atoms with Gasteiger partial charge >= 0.3 is 5.97 Å². The Balaban J connectivity index is 2.02. The van der Waals surface area contributed by atoms with Crippen molar-refractivity contribution in [3.8, 4) is 0 Å². The van der Waals surface area contributed by atoms with Gasteiger partial charge in [-0.05, 0) is 37.2 Å². The van der Waals surface area contributed by atoms with Crippen LogP contribution in [0.1, 0.15) is 31.2 Å². The maximum absolute atomic E-state index is 13.7. The highest BCUT2D eigenvalue weighted by atomic mass is 19.1. The van der Waals surface area contributed by atoms with Crippen LogP contribution >= 0.6 is 0 Å². The van der Waals surface area contributed by atoms with Crippen LogP contribution in [0.25, 0.3) is 0 Å². The Morgan fingerprint density at radius 3 is 2.35 bits per heavy atom. The summed E-state index contributed by atoms with van der Waals surface area (Å²) < 4.78 is 26.5. The molecule has 90 valence electrons. The van der Waals surface area contributed by atoms with E-state index in [1.165, 1.54) is 6.07 Å². The molecule has 4 heteroatoms.